The Balaban J connectivity index is 2.28. The number of pyridine rings is 2. The fourth-order valence-corrected chi connectivity index (χ4v) is 1.80. The zero-order valence-corrected chi connectivity index (χ0v) is 10.8. The Morgan fingerprint density at radius 1 is 1.42 bits per heavy atom. The smallest absolute Gasteiger partial charge is 0.339 e. The van der Waals surface area contributed by atoms with Gasteiger partial charge >= 0.3 is 5.97 Å². The van der Waals surface area contributed by atoms with Gasteiger partial charge in [0.25, 0.3) is 0 Å². The molecule has 0 aliphatic rings. The Hall–Kier alpha value is -2.43. The van der Waals surface area contributed by atoms with Gasteiger partial charge in [0.1, 0.15) is 5.56 Å². The van der Waals surface area contributed by atoms with Gasteiger partial charge in [0.15, 0.2) is 0 Å². The van der Waals surface area contributed by atoms with Crippen molar-refractivity contribution in [2.75, 3.05) is 5.32 Å². The molecule has 0 saturated carbocycles. The number of nitrogens with one attached hydrogen (secondary N) is 1. The highest BCUT2D eigenvalue weighted by atomic mass is 16.4. The molecule has 0 spiro atoms. The van der Waals surface area contributed by atoms with Crippen molar-refractivity contribution in [1.82, 2.24) is 9.97 Å². The maximum absolute atomic E-state index is 11.2. The minimum atomic E-state index is -0.992. The van der Waals surface area contributed by atoms with Gasteiger partial charge in [-0.1, -0.05) is 6.07 Å². The van der Waals surface area contributed by atoms with E-state index >= 15 is 0 Å². The van der Waals surface area contributed by atoms with Gasteiger partial charge in [-0.15, -0.1) is 0 Å². The molecule has 98 valence electrons. The van der Waals surface area contributed by atoms with E-state index in [1.165, 1.54) is 6.20 Å². The lowest BCUT2D eigenvalue weighted by Gasteiger charge is -2.17. The van der Waals surface area contributed by atoms with Crippen LogP contribution < -0.4 is 5.32 Å². The number of hydrogen-bond acceptors (Lipinski definition) is 4. The third kappa shape index (κ3) is 3.07. The zero-order valence-electron chi connectivity index (χ0n) is 10.8. The second-order valence-electron chi connectivity index (χ2n) is 4.33. The van der Waals surface area contributed by atoms with Gasteiger partial charge in [0.05, 0.1) is 11.7 Å². The summed E-state index contributed by atoms with van der Waals surface area (Å²) in [7, 11) is 0. The molecule has 0 saturated heterocycles. The number of carboxylic acid groups (broad SMARTS) is 1. The van der Waals surface area contributed by atoms with Crippen LogP contribution in [0.2, 0.25) is 0 Å². The van der Waals surface area contributed by atoms with Crippen LogP contribution >= 0.6 is 0 Å². The lowest BCUT2D eigenvalue weighted by atomic mass is 10.1. The molecular formula is C14H15N3O2. The van der Waals surface area contributed by atoms with Crippen LogP contribution in [0.4, 0.5) is 5.69 Å². The number of carboxylic acids is 1. The van der Waals surface area contributed by atoms with Gasteiger partial charge < -0.3 is 10.4 Å². The molecule has 1 atom stereocenters. The van der Waals surface area contributed by atoms with Crippen molar-refractivity contribution in [1.29, 1.82) is 0 Å². The molecule has 2 rings (SSSR count). The van der Waals surface area contributed by atoms with E-state index in [0.29, 0.717) is 5.69 Å². The van der Waals surface area contributed by atoms with Gasteiger partial charge in [0, 0.05) is 24.3 Å². The van der Waals surface area contributed by atoms with Crippen molar-refractivity contribution >= 4 is 11.7 Å². The fourth-order valence-electron chi connectivity index (χ4n) is 1.80. The first-order valence-corrected chi connectivity index (χ1v) is 5.94. The molecule has 0 amide bonds. The van der Waals surface area contributed by atoms with Crippen LogP contribution in [0.1, 0.15) is 34.6 Å². The number of anilines is 1. The number of carbonyl (C=O) groups is 1. The molecule has 2 heterocycles. The predicted octanol–water partition coefficient (Wildman–Crippen LogP) is 2.66. The summed E-state index contributed by atoms with van der Waals surface area (Å²) in [6.45, 7) is 3.78. The number of nitrogens with zero attached hydrogens (tertiary/aromatic N) is 2. The highest BCUT2D eigenvalue weighted by Crippen LogP contribution is 2.22. The standard InChI is InChI=1S/C14H15N3O2/c1-9-6-13(12(8-16-9)14(18)19)17-10(2)11-4-3-5-15-7-11/h3-8,10H,1-2H3,(H,16,17)(H,18,19). The molecule has 19 heavy (non-hydrogen) atoms. The average Bonchev–Trinajstić information content (AvgIpc) is 2.39. The molecular weight excluding hydrogens is 242 g/mol. The van der Waals surface area contributed by atoms with Crippen LogP contribution in [0.25, 0.3) is 0 Å². The molecule has 0 aliphatic carbocycles. The number of rotatable bonds is 4. The van der Waals surface area contributed by atoms with Gasteiger partial charge in [-0.25, -0.2) is 4.79 Å². The molecule has 0 radical (unpaired) electrons. The molecule has 1 unspecified atom stereocenters. The van der Waals surface area contributed by atoms with Crippen LogP contribution in [-0.4, -0.2) is 21.0 Å². The normalized spacial score (nSPS) is 11.9. The average molecular weight is 257 g/mol. The SMILES string of the molecule is Cc1cc(NC(C)c2cccnc2)c(C(=O)O)cn1. The zero-order chi connectivity index (χ0) is 13.8. The summed E-state index contributed by atoms with van der Waals surface area (Å²) in [5, 5.41) is 12.3. The van der Waals surface area contributed by atoms with Gasteiger partial charge in [-0.05, 0) is 31.5 Å². The Morgan fingerprint density at radius 2 is 2.21 bits per heavy atom. The summed E-state index contributed by atoms with van der Waals surface area (Å²) in [6, 6.07) is 5.49. The largest absolute Gasteiger partial charge is 0.478 e. The molecule has 5 nitrogen and oxygen atoms in total. The van der Waals surface area contributed by atoms with Gasteiger partial charge in [-0.3, -0.25) is 9.97 Å². The van der Waals surface area contributed by atoms with E-state index in [4.69, 9.17) is 5.11 Å². The summed E-state index contributed by atoms with van der Waals surface area (Å²) in [6.07, 6.45) is 4.83. The monoisotopic (exact) mass is 257 g/mol. The minimum Gasteiger partial charge on any atom is -0.478 e. The molecule has 0 bridgehead atoms. The summed E-state index contributed by atoms with van der Waals surface area (Å²) >= 11 is 0. The Bertz CT molecular complexity index is 584. The quantitative estimate of drug-likeness (QED) is 0.880. The number of aryl methyl sites for hydroxylation is 1. The summed E-state index contributed by atoms with van der Waals surface area (Å²) < 4.78 is 0. The summed E-state index contributed by atoms with van der Waals surface area (Å²) in [5.74, 6) is -0.992. The second-order valence-corrected chi connectivity index (χ2v) is 4.33. The first-order chi connectivity index (χ1) is 9.08. The topological polar surface area (TPSA) is 75.1 Å². The van der Waals surface area contributed by atoms with Crippen molar-refractivity contribution in [3.8, 4) is 0 Å². The Morgan fingerprint density at radius 3 is 2.84 bits per heavy atom. The molecule has 0 fully saturated rings. The lowest BCUT2D eigenvalue weighted by Crippen LogP contribution is -2.11. The second kappa shape index (κ2) is 5.48. The molecule has 2 N–H and O–H groups in total. The Kier molecular flexibility index (Phi) is 3.75. The molecule has 0 aliphatic heterocycles. The van der Waals surface area contributed by atoms with E-state index in [9.17, 15) is 4.79 Å². The van der Waals surface area contributed by atoms with E-state index in [1.807, 2.05) is 26.0 Å². The third-order valence-corrected chi connectivity index (χ3v) is 2.83. The Labute approximate surface area is 111 Å². The van der Waals surface area contributed by atoms with Gasteiger partial charge in [-0.2, -0.15) is 0 Å². The lowest BCUT2D eigenvalue weighted by molar-refractivity contribution is 0.0697. The van der Waals surface area contributed by atoms with Crippen LogP contribution in [0.3, 0.4) is 0 Å². The van der Waals surface area contributed by atoms with Crippen LogP contribution in [0, 0.1) is 6.92 Å². The first-order valence-electron chi connectivity index (χ1n) is 5.94. The van der Waals surface area contributed by atoms with Gasteiger partial charge in [0.2, 0.25) is 0 Å². The number of aromatic nitrogens is 2. The van der Waals surface area contributed by atoms with E-state index < -0.39 is 5.97 Å². The predicted molar refractivity (Wildman–Crippen MR) is 72.2 cm³/mol. The summed E-state index contributed by atoms with van der Waals surface area (Å²) in [5.41, 5.74) is 2.50. The van der Waals surface area contributed by atoms with E-state index in [2.05, 4.69) is 15.3 Å². The number of hydrogen-bond donors (Lipinski definition) is 2. The van der Waals surface area contributed by atoms with Crippen molar-refractivity contribution in [2.45, 2.75) is 19.9 Å². The maximum Gasteiger partial charge on any atom is 0.339 e. The van der Waals surface area contributed by atoms with E-state index in [0.717, 1.165) is 11.3 Å². The van der Waals surface area contributed by atoms with E-state index in [-0.39, 0.29) is 11.6 Å². The van der Waals surface area contributed by atoms with Crippen molar-refractivity contribution < 1.29 is 9.90 Å². The van der Waals surface area contributed by atoms with Crippen molar-refractivity contribution in [3.05, 3.63) is 53.6 Å². The molecule has 5 heteroatoms. The summed E-state index contributed by atoms with van der Waals surface area (Å²) in [4.78, 5) is 19.2. The minimum absolute atomic E-state index is 0.0337. The van der Waals surface area contributed by atoms with Crippen LogP contribution in [0.5, 0.6) is 0 Å². The first kappa shape index (κ1) is 13.0. The molecule has 2 aromatic heterocycles. The van der Waals surface area contributed by atoms with Crippen LogP contribution in [0.15, 0.2) is 36.8 Å². The molecule has 0 aromatic carbocycles. The number of aromatic carboxylic acids is 1. The molecule has 2 aromatic rings. The van der Waals surface area contributed by atoms with Crippen molar-refractivity contribution in [3.63, 3.8) is 0 Å². The maximum atomic E-state index is 11.2. The van der Waals surface area contributed by atoms with Crippen molar-refractivity contribution in [2.24, 2.45) is 0 Å². The fraction of sp³-hybridized carbons (Fsp3) is 0.214. The van der Waals surface area contributed by atoms with Crippen LogP contribution in [-0.2, 0) is 0 Å². The highest BCUT2D eigenvalue weighted by molar-refractivity contribution is 5.93. The van der Waals surface area contributed by atoms with E-state index in [1.54, 1.807) is 18.5 Å². The highest BCUT2D eigenvalue weighted by Gasteiger charge is 2.13. The third-order valence-electron chi connectivity index (χ3n) is 2.83.